The first-order valence-corrected chi connectivity index (χ1v) is 7.42. The van der Waals surface area contributed by atoms with E-state index < -0.39 is 0 Å². The Labute approximate surface area is 119 Å². The third-order valence-electron chi connectivity index (χ3n) is 3.13. The van der Waals surface area contributed by atoms with E-state index in [1.54, 1.807) is 0 Å². The zero-order valence-corrected chi connectivity index (χ0v) is 12.6. The summed E-state index contributed by atoms with van der Waals surface area (Å²) in [5.41, 5.74) is 0.985. The summed E-state index contributed by atoms with van der Waals surface area (Å²) in [4.78, 5) is 13.6. The highest BCUT2D eigenvalue weighted by Crippen LogP contribution is 2.21. The van der Waals surface area contributed by atoms with Gasteiger partial charge >= 0.3 is 0 Å². The number of thiophene rings is 1. The fourth-order valence-electron chi connectivity index (χ4n) is 1.74. The molecule has 0 bridgehead atoms. The monoisotopic (exact) mass is 279 g/mol. The fraction of sp³-hybridized carbons (Fsp3) is 0.533. The number of hydrogen-bond donors (Lipinski definition) is 2. The molecule has 4 heteroatoms. The number of aliphatic hydroxyl groups is 1. The third-order valence-corrected chi connectivity index (χ3v) is 4.28. The van der Waals surface area contributed by atoms with Crippen LogP contribution in [0.1, 0.15) is 46.8 Å². The van der Waals surface area contributed by atoms with Crippen molar-refractivity contribution in [2.45, 2.75) is 33.6 Å². The lowest BCUT2D eigenvalue weighted by Crippen LogP contribution is -2.28. The summed E-state index contributed by atoms with van der Waals surface area (Å²) >= 11 is 1.38. The van der Waals surface area contributed by atoms with Crippen molar-refractivity contribution >= 4 is 17.2 Å². The summed E-state index contributed by atoms with van der Waals surface area (Å²) in [5.74, 6) is 5.98. The molecule has 1 amide bonds. The maximum absolute atomic E-state index is 12.0. The Kier molecular flexibility index (Phi) is 6.61. The van der Waals surface area contributed by atoms with E-state index in [-0.39, 0.29) is 12.5 Å². The predicted octanol–water partition coefficient (Wildman–Crippen LogP) is 2.57. The van der Waals surface area contributed by atoms with Gasteiger partial charge in [-0.05, 0) is 24.5 Å². The average molecular weight is 279 g/mol. The van der Waals surface area contributed by atoms with Crippen molar-refractivity contribution in [3.63, 3.8) is 0 Å². The van der Waals surface area contributed by atoms with Gasteiger partial charge in [0, 0.05) is 6.54 Å². The van der Waals surface area contributed by atoms with Gasteiger partial charge in [0.25, 0.3) is 5.91 Å². The second-order valence-electron chi connectivity index (χ2n) is 4.48. The number of carbonyl (C=O) groups excluding carboxylic acids is 1. The Morgan fingerprint density at radius 1 is 1.47 bits per heavy atom. The summed E-state index contributed by atoms with van der Waals surface area (Å²) in [5, 5.41) is 11.7. The maximum Gasteiger partial charge on any atom is 0.261 e. The van der Waals surface area contributed by atoms with Crippen LogP contribution in [-0.2, 0) is 0 Å². The van der Waals surface area contributed by atoms with Crippen LogP contribution in [0, 0.1) is 24.7 Å². The van der Waals surface area contributed by atoms with Gasteiger partial charge in [-0.2, -0.15) is 0 Å². The molecule has 1 heterocycles. The lowest BCUT2D eigenvalue weighted by atomic mass is 10.0. The minimum absolute atomic E-state index is 0.0305. The van der Waals surface area contributed by atoms with Crippen molar-refractivity contribution in [2.75, 3.05) is 13.2 Å². The molecule has 0 atom stereocenters. The first kappa shape index (κ1) is 15.7. The van der Waals surface area contributed by atoms with Crippen LogP contribution < -0.4 is 5.32 Å². The largest absolute Gasteiger partial charge is 0.384 e. The zero-order chi connectivity index (χ0) is 14.3. The van der Waals surface area contributed by atoms with Gasteiger partial charge in [-0.3, -0.25) is 4.79 Å². The smallest absolute Gasteiger partial charge is 0.261 e. The van der Waals surface area contributed by atoms with E-state index in [1.807, 2.05) is 13.0 Å². The van der Waals surface area contributed by atoms with E-state index in [4.69, 9.17) is 5.11 Å². The quantitative estimate of drug-likeness (QED) is 0.814. The number of carbonyl (C=O) groups is 1. The minimum Gasteiger partial charge on any atom is -0.384 e. The fourth-order valence-corrected chi connectivity index (χ4v) is 2.70. The predicted molar refractivity (Wildman–Crippen MR) is 79.4 cm³/mol. The molecule has 19 heavy (non-hydrogen) atoms. The molecule has 1 aromatic heterocycles. The van der Waals surface area contributed by atoms with Crippen LogP contribution in [0.4, 0.5) is 0 Å². The van der Waals surface area contributed by atoms with E-state index in [0.717, 1.165) is 29.8 Å². The van der Waals surface area contributed by atoms with Gasteiger partial charge in [0.1, 0.15) is 6.61 Å². The maximum atomic E-state index is 12.0. The normalized spacial score (nSPS) is 10.2. The van der Waals surface area contributed by atoms with Crippen LogP contribution >= 0.6 is 11.3 Å². The van der Waals surface area contributed by atoms with E-state index in [1.165, 1.54) is 11.3 Å². The second kappa shape index (κ2) is 7.98. The number of nitrogens with one attached hydrogen (secondary N) is 1. The molecule has 3 nitrogen and oxygen atoms in total. The zero-order valence-electron chi connectivity index (χ0n) is 11.7. The molecule has 0 aliphatic heterocycles. The molecule has 0 unspecified atom stereocenters. The summed E-state index contributed by atoms with van der Waals surface area (Å²) < 4.78 is 0. The highest BCUT2D eigenvalue weighted by Gasteiger charge is 2.12. The SMILES string of the molecule is CCC(CC)CNC(=O)c1cc(C)c(C#CCO)s1. The Balaban J connectivity index is 2.67. The molecule has 1 aromatic rings. The molecule has 0 aliphatic carbocycles. The van der Waals surface area contributed by atoms with E-state index in [2.05, 4.69) is 31.0 Å². The average Bonchev–Trinajstić information content (AvgIpc) is 2.78. The summed E-state index contributed by atoms with van der Waals surface area (Å²) in [6, 6.07) is 1.86. The Bertz CT molecular complexity index is 478. The van der Waals surface area contributed by atoms with Crippen molar-refractivity contribution in [3.8, 4) is 11.8 Å². The lowest BCUT2D eigenvalue weighted by Gasteiger charge is -2.12. The van der Waals surface area contributed by atoms with Gasteiger partial charge in [-0.15, -0.1) is 11.3 Å². The van der Waals surface area contributed by atoms with Crippen LogP contribution in [0.25, 0.3) is 0 Å². The summed E-state index contributed by atoms with van der Waals surface area (Å²) in [6.45, 7) is 6.76. The lowest BCUT2D eigenvalue weighted by molar-refractivity contribution is 0.0950. The van der Waals surface area contributed by atoms with E-state index in [0.29, 0.717) is 10.8 Å². The van der Waals surface area contributed by atoms with Gasteiger partial charge in [-0.25, -0.2) is 0 Å². The van der Waals surface area contributed by atoms with Crippen LogP contribution in [-0.4, -0.2) is 24.2 Å². The Morgan fingerprint density at radius 2 is 2.16 bits per heavy atom. The first-order chi connectivity index (χ1) is 9.12. The minimum atomic E-state index is -0.159. The molecule has 0 aliphatic rings. The molecule has 0 spiro atoms. The van der Waals surface area contributed by atoms with Crippen LogP contribution in [0.15, 0.2) is 6.07 Å². The Morgan fingerprint density at radius 3 is 2.74 bits per heavy atom. The first-order valence-electron chi connectivity index (χ1n) is 6.60. The number of amides is 1. The molecule has 0 saturated heterocycles. The molecule has 0 aromatic carbocycles. The number of aryl methyl sites for hydroxylation is 1. The highest BCUT2D eigenvalue weighted by molar-refractivity contribution is 7.14. The highest BCUT2D eigenvalue weighted by atomic mass is 32.1. The Hall–Kier alpha value is -1.31. The number of hydrogen-bond acceptors (Lipinski definition) is 3. The van der Waals surface area contributed by atoms with Gasteiger partial charge in [0.2, 0.25) is 0 Å². The van der Waals surface area contributed by atoms with Gasteiger partial charge in [-0.1, -0.05) is 38.5 Å². The number of aliphatic hydroxyl groups excluding tert-OH is 1. The molecule has 104 valence electrons. The van der Waals surface area contributed by atoms with Gasteiger partial charge in [0.15, 0.2) is 0 Å². The summed E-state index contributed by atoms with van der Waals surface area (Å²) in [7, 11) is 0. The van der Waals surface area contributed by atoms with Gasteiger partial charge < -0.3 is 10.4 Å². The molecule has 1 rings (SSSR count). The van der Waals surface area contributed by atoms with Crippen molar-refractivity contribution in [1.82, 2.24) is 5.32 Å². The molecule has 2 N–H and O–H groups in total. The van der Waals surface area contributed by atoms with E-state index in [9.17, 15) is 4.79 Å². The number of rotatable bonds is 5. The third kappa shape index (κ3) is 4.70. The van der Waals surface area contributed by atoms with Crippen LogP contribution in [0.5, 0.6) is 0 Å². The molecule has 0 fully saturated rings. The van der Waals surface area contributed by atoms with Crippen LogP contribution in [0.3, 0.4) is 0 Å². The molecular formula is C15H21NO2S. The standard InChI is InChI=1S/C15H21NO2S/c1-4-12(5-2)10-16-15(18)14-9-11(3)13(19-14)7-6-8-17/h9,12,17H,4-5,8,10H2,1-3H3,(H,16,18). The van der Waals surface area contributed by atoms with Crippen LogP contribution in [0.2, 0.25) is 0 Å². The van der Waals surface area contributed by atoms with Crippen molar-refractivity contribution < 1.29 is 9.90 Å². The topological polar surface area (TPSA) is 49.3 Å². The van der Waals surface area contributed by atoms with Crippen molar-refractivity contribution in [3.05, 3.63) is 21.4 Å². The molecular weight excluding hydrogens is 258 g/mol. The summed E-state index contributed by atoms with van der Waals surface area (Å²) in [6.07, 6.45) is 2.15. The molecule has 0 radical (unpaired) electrons. The van der Waals surface area contributed by atoms with E-state index >= 15 is 0 Å². The van der Waals surface area contributed by atoms with Gasteiger partial charge in [0.05, 0.1) is 9.75 Å². The van der Waals surface area contributed by atoms with Crippen molar-refractivity contribution in [2.24, 2.45) is 5.92 Å². The van der Waals surface area contributed by atoms with Crippen molar-refractivity contribution in [1.29, 1.82) is 0 Å². The molecule has 0 saturated carbocycles. The second-order valence-corrected chi connectivity index (χ2v) is 5.53.